The summed E-state index contributed by atoms with van der Waals surface area (Å²) in [5.74, 6) is -4.41. The Bertz CT molecular complexity index is 648. The van der Waals surface area contributed by atoms with Gasteiger partial charge in [-0.2, -0.15) is 5.10 Å². The molecule has 1 aromatic heterocycles. The van der Waals surface area contributed by atoms with Gasteiger partial charge in [0, 0.05) is 5.56 Å². The molecule has 0 saturated heterocycles. The van der Waals surface area contributed by atoms with Crippen molar-refractivity contribution in [2.45, 2.75) is 19.1 Å². The molecule has 8 heteroatoms. The van der Waals surface area contributed by atoms with Crippen molar-refractivity contribution in [2.75, 3.05) is 0 Å². The Kier molecular flexibility index (Phi) is 3.99. The first-order valence-corrected chi connectivity index (χ1v) is 6.07. The van der Waals surface area contributed by atoms with Crippen molar-refractivity contribution in [1.82, 2.24) is 14.8 Å². The molecule has 1 aromatic carbocycles. The monoisotopic (exact) mass is 297 g/mol. The van der Waals surface area contributed by atoms with Gasteiger partial charge in [0.15, 0.2) is 0 Å². The van der Waals surface area contributed by atoms with Crippen LogP contribution in [0.5, 0.6) is 0 Å². The van der Waals surface area contributed by atoms with Crippen LogP contribution in [0.25, 0.3) is 0 Å². The molecule has 0 saturated carbocycles. The summed E-state index contributed by atoms with van der Waals surface area (Å²) in [5.41, 5.74) is -2.61. The van der Waals surface area contributed by atoms with Gasteiger partial charge in [-0.3, -0.25) is 4.79 Å². The van der Waals surface area contributed by atoms with E-state index in [1.165, 1.54) is 19.6 Å². The number of aliphatic hydroxyl groups is 1. The predicted molar refractivity (Wildman–Crippen MR) is 67.1 cm³/mol. The van der Waals surface area contributed by atoms with Crippen molar-refractivity contribution in [3.8, 4) is 0 Å². The first-order valence-electron chi connectivity index (χ1n) is 6.07. The highest BCUT2D eigenvalue weighted by Crippen LogP contribution is 2.34. The molecule has 112 valence electrons. The SMILES string of the molecule is CC(C(=O)O)[C@](O)(Cn1cncn1)c1cc(F)ccc1F. The Hall–Kier alpha value is -2.35. The second-order valence-corrected chi connectivity index (χ2v) is 4.70. The summed E-state index contributed by atoms with van der Waals surface area (Å²) in [7, 11) is 0. The zero-order valence-electron chi connectivity index (χ0n) is 11.1. The van der Waals surface area contributed by atoms with E-state index in [2.05, 4.69) is 10.1 Å². The predicted octanol–water partition coefficient (Wildman–Crippen LogP) is 1.16. The molecular formula is C13H13F2N3O3. The molecule has 2 atom stereocenters. The van der Waals surface area contributed by atoms with Crippen molar-refractivity contribution in [3.63, 3.8) is 0 Å². The Labute approximate surface area is 118 Å². The van der Waals surface area contributed by atoms with Crippen molar-refractivity contribution in [2.24, 2.45) is 5.92 Å². The van der Waals surface area contributed by atoms with Gasteiger partial charge in [-0.25, -0.2) is 18.4 Å². The Morgan fingerprint density at radius 3 is 2.76 bits per heavy atom. The molecule has 2 rings (SSSR count). The minimum atomic E-state index is -2.17. The summed E-state index contributed by atoms with van der Waals surface area (Å²) < 4.78 is 28.5. The molecule has 6 nitrogen and oxygen atoms in total. The summed E-state index contributed by atoms with van der Waals surface area (Å²) in [5, 5.41) is 23.6. The maximum absolute atomic E-state index is 14.0. The molecule has 0 radical (unpaired) electrons. The molecule has 2 aromatic rings. The Balaban J connectivity index is 2.54. The molecule has 0 aliphatic carbocycles. The Morgan fingerprint density at radius 1 is 1.48 bits per heavy atom. The van der Waals surface area contributed by atoms with E-state index in [-0.39, 0.29) is 6.54 Å². The Morgan fingerprint density at radius 2 is 2.19 bits per heavy atom. The third-order valence-corrected chi connectivity index (χ3v) is 3.35. The minimum absolute atomic E-state index is 0.374. The fraction of sp³-hybridized carbons (Fsp3) is 0.308. The van der Waals surface area contributed by atoms with Gasteiger partial charge in [-0.1, -0.05) is 0 Å². The van der Waals surface area contributed by atoms with Gasteiger partial charge in [0.1, 0.15) is 29.9 Å². The number of rotatable bonds is 5. The van der Waals surface area contributed by atoms with Gasteiger partial charge in [-0.15, -0.1) is 0 Å². The smallest absolute Gasteiger partial charge is 0.309 e. The van der Waals surface area contributed by atoms with Gasteiger partial charge in [0.2, 0.25) is 0 Å². The molecule has 0 amide bonds. The van der Waals surface area contributed by atoms with Crippen LogP contribution in [0.4, 0.5) is 8.78 Å². The number of benzene rings is 1. The minimum Gasteiger partial charge on any atom is -0.481 e. The lowest BCUT2D eigenvalue weighted by Crippen LogP contribution is -2.43. The van der Waals surface area contributed by atoms with Crippen LogP contribution in [-0.2, 0) is 16.9 Å². The van der Waals surface area contributed by atoms with Gasteiger partial charge < -0.3 is 10.2 Å². The normalized spacial score (nSPS) is 15.4. The van der Waals surface area contributed by atoms with Crippen molar-refractivity contribution in [1.29, 1.82) is 0 Å². The van der Waals surface area contributed by atoms with E-state index < -0.39 is 34.7 Å². The third kappa shape index (κ3) is 2.89. The van der Waals surface area contributed by atoms with Crippen LogP contribution in [0.15, 0.2) is 30.9 Å². The molecule has 0 aliphatic heterocycles. The number of carboxylic acid groups (broad SMARTS) is 1. The number of hydrogen-bond donors (Lipinski definition) is 2. The van der Waals surface area contributed by atoms with E-state index in [0.717, 1.165) is 22.9 Å². The highest BCUT2D eigenvalue weighted by atomic mass is 19.1. The zero-order chi connectivity index (χ0) is 15.6. The largest absolute Gasteiger partial charge is 0.481 e. The lowest BCUT2D eigenvalue weighted by molar-refractivity contribution is -0.153. The summed E-state index contributed by atoms with van der Waals surface area (Å²) in [6.07, 6.45) is 2.44. The van der Waals surface area contributed by atoms with E-state index in [1.54, 1.807) is 0 Å². The molecule has 1 heterocycles. The first kappa shape index (κ1) is 15.0. The highest BCUT2D eigenvalue weighted by Gasteiger charge is 2.43. The van der Waals surface area contributed by atoms with Gasteiger partial charge in [0.25, 0.3) is 0 Å². The zero-order valence-corrected chi connectivity index (χ0v) is 11.1. The molecule has 0 aliphatic rings. The maximum Gasteiger partial charge on any atom is 0.309 e. The van der Waals surface area contributed by atoms with E-state index in [1.807, 2.05) is 0 Å². The number of aromatic nitrogens is 3. The molecule has 21 heavy (non-hydrogen) atoms. The van der Waals surface area contributed by atoms with Gasteiger partial charge in [0.05, 0.1) is 12.5 Å². The second kappa shape index (κ2) is 5.57. The van der Waals surface area contributed by atoms with Crippen LogP contribution < -0.4 is 0 Å². The average Bonchev–Trinajstić information content (AvgIpc) is 2.93. The van der Waals surface area contributed by atoms with E-state index in [9.17, 15) is 18.7 Å². The molecule has 0 bridgehead atoms. The van der Waals surface area contributed by atoms with E-state index in [4.69, 9.17) is 5.11 Å². The molecule has 0 spiro atoms. The summed E-state index contributed by atoms with van der Waals surface area (Å²) in [6.45, 7) is 0.838. The quantitative estimate of drug-likeness (QED) is 0.864. The summed E-state index contributed by atoms with van der Waals surface area (Å²) >= 11 is 0. The van der Waals surface area contributed by atoms with Crippen LogP contribution >= 0.6 is 0 Å². The number of carboxylic acids is 1. The van der Waals surface area contributed by atoms with Crippen LogP contribution in [0, 0.1) is 17.6 Å². The van der Waals surface area contributed by atoms with Crippen LogP contribution in [0.1, 0.15) is 12.5 Å². The number of hydrogen-bond acceptors (Lipinski definition) is 4. The van der Waals surface area contributed by atoms with Crippen LogP contribution in [0.3, 0.4) is 0 Å². The lowest BCUT2D eigenvalue weighted by atomic mass is 9.81. The van der Waals surface area contributed by atoms with Crippen molar-refractivity contribution < 1.29 is 23.8 Å². The van der Waals surface area contributed by atoms with Crippen LogP contribution in [-0.4, -0.2) is 30.9 Å². The van der Waals surface area contributed by atoms with Crippen molar-refractivity contribution in [3.05, 3.63) is 48.1 Å². The van der Waals surface area contributed by atoms with E-state index >= 15 is 0 Å². The topological polar surface area (TPSA) is 88.2 Å². The maximum atomic E-state index is 14.0. The summed E-state index contributed by atoms with van der Waals surface area (Å²) in [6, 6.07) is 2.51. The average molecular weight is 297 g/mol. The van der Waals surface area contributed by atoms with Crippen LogP contribution in [0.2, 0.25) is 0 Å². The number of carbonyl (C=O) groups is 1. The standard InChI is InChI=1S/C13H13F2N3O3/c1-8(12(19)20)13(21,5-18-7-16-6-17-18)10-4-9(14)2-3-11(10)15/h2-4,6-8,21H,5H2,1H3,(H,19,20)/t8?,13-/m1/s1. The van der Waals surface area contributed by atoms with Gasteiger partial charge >= 0.3 is 5.97 Å². The van der Waals surface area contributed by atoms with Crippen molar-refractivity contribution >= 4 is 5.97 Å². The second-order valence-electron chi connectivity index (χ2n) is 4.70. The molecule has 1 unspecified atom stereocenters. The highest BCUT2D eigenvalue weighted by molar-refractivity contribution is 5.71. The lowest BCUT2D eigenvalue weighted by Gasteiger charge is -2.32. The number of aliphatic carboxylic acids is 1. The number of halogens is 2. The fourth-order valence-corrected chi connectivity index (χ4v) is 2.05. The fourth-order valence-electron chi connectivity index (χ4n) is 2.05. The third-order valence-electron chi connectivity index (χ3n) is 3.35. The molecule has 0 fully saturated rings. The molecular weight excluding hydrogens is 284 g/mol. The van der Waals surface area contributed by atoms with E-state index in [0.29, 0.717) is 0 Å². The number of nitrogens with zero attached hydrogens (tertiary/aromatic N) is 3. The first-order chi connectivity index (χ1) is 9.84. The van der Waals surface area contributed by atoms with Gasteiger partial charge in [-0.05, 0) is 25.1 Å². The summed E-state index contributed by atoms with van der Waals surface area (Å²) in [4.78, 5) is 14.9. The molecule has 2 N–H and O–H groups in total.